The van der Waals surface area contributed by atoms with Crippen LogP contribution in [0.1, 0.15) is 12.8 Å². The average molecular weight is 194 g/mol. The van der Waals surface area contributed by atoms with E-state index in [2.05, 4.69) is 24.0 Å². The first kappa shape index (κ1) is 9.44. The molecule has 1 aliphatic heterocycles. The van der Waals surface area contributed by atoms with Crippen molar-refractivity contribution in [1.29, 1.82) is 0 Å². The average Bonchev–Trinajstić information content (AvgIpc) is 2.61. The lowest BCUT2D eigenvalue weighted by Crippen LogP contribution is -2.30. The molecule has 0 saturated carbocycles. The Morgan fingerprint density at radius 1 is 1.43 bits per heavy atom. The van der Waals surface area contributed by atoms with Gasteiger partial charge in [-0.1, -0.05) is 24.3 Å². The molecule has 0 aromatic carbocycles. The third kappa shape index (κ3) is 1.72. The van der Waals surface area contributed by atoms with Crippen molar-refractivity contribution in [3.63, 3.8) is 0 Å². The van der Waals surface area contributed by atoms with E-state index >= 15 is 0 Å². The molecule has 1 fully saturated rings. The summed E-state index contributed by atoms with van der Waals surface area (Å²) in [5.74, 6) is 0.395. The quantitative estimate of drug-likeness (QED) is 0.615. The first-order valence-corrected chi connectivity index (χ1v) is 5.02. The van der Waals surface area contributed by atoms with Crippen LogP contribution in [0.4, 0.5) is 4.39 Å². The van der Waals surface area contributed by atoms with E-state index in [0.29, 0.717) is 18.9 Å². The van der Waals surface area contributed by atoms with Crippen LogP contribution in [0.15, 0.2) is 29.4 Å². The summed E-state index contributed by atoms with van der Waals surface area (Å²) in [6, 6.07) is 0.198. The van der Waals surface area contributed by atoms with E-state index in [4.69, 9.17) is 0 Å². The van der Waals surface area contributed by atoms with E-state index in [9.17, 15) is 4.39 Å². The maximum atomic E-state index is 13.2. The van der Waals surface area contributed by atoms with Gasteiger partial charge in [-0.2, -0.15) is 5.10 Å². The Bertz CT molecular complexity index is 272. The molecule has 2 rings (SSSR count). The number of hydrogen-bond acceptors (Lipinski definition) is 2. The number of alkyl halides is 1. The lowest BCUT2D eigenvalue weighted by Gasteiger charge is -2.27. The Hall–Kier alpha value is -1.12. The molecule has 76 valence electrons. The third-order valence-electron chi connectivity index (χ3n) is 2.95. The number of hydrazone groups is 1. The fraction of sp³-hybridized carbons (Fsp3) is 0.545. The van der Waals surface area contributed by atoms with Crippen molar-refractivity contribution in [2.24, 2.45) is 11.0 Å². The van der Waals surface area contributed by atoms with Gasteiger partial charge in [0.1, 0.15) is 6.17 Å². The van der Waals surface area contributed by atoms with Gasteiger partial charge in [-0.05, 0) is 6.42 Å². The molecular formula is C11H15FN2. The topological polar surface area (TPSA) is 15.6 Å². The van der Waals surface area contributed by atoms with E-state index in [-0.39, 0.29) is 6.04 Å². The molecule has 2 aliphatic rings. The van der Waals surface area contributed by atoms with Crippen LogP contribution in [0, 0.1) is 5.92 Å². The summed E-state index contributed by atoms with van der Waals surface area (Å²) in [4.78, 5) is 0. The Kier molecular flexibility index (Phi) is 2.66. The van der Waals surface area contributed by atoms with Crippen LogP contribution in [0.3, 0.4) is 0 Å². The maximum Gasteiger partial charge on any atom is 0.121 e. The van der Waals surface area contributed by atoms with Crippen molar-refractivity contribution in [3.8, 4) is 0 Å². The first-order valence-electron chi connectivity index (χ1n) is 5.02. The van der Waals surface area contributed by atoms with E-state index in [1.807, 2.05) is 12.2 Å². The lowest BCUT2D eigenvalue weighted by atomic mass is 9.91. The highest BCUT2D eigenvalue weighted by molar-refractivity contribution is 5.23. The molecule has 1 saturated heterocycles. The van der Waals surface area contributed by atoms with Gasteiger partial charge in [0.25, 0.3) is 0 Å². The molecule has 1 aliphatic carbocycles. The monoisotopic (exact) mass is 194 g/mol. The normalized spacial score (nSPS) is 36.4. The second-order valence-electron chi connectivity index (χ2n) is 3.88. The van der Waals surface area contributed by atoms with Gasteiger partial charge in [0.2, 0.25) is 0 Å². The highest BCUT2D eigenvalue weighted by Gasteiger charge is 2.35. The summed E-state index contributed by atoms with van der Waals surface area (Å²) in [6.07, 6.45) is 9.15. The molecule has 0 amide bonds. The fourth-order valence-corrected chi connectivity index (χ4v) is 2.24. The molecule has 0 N–H and O–H groups in total. The van der Waals surface area contributed by atoms with Gasteiger partial charge in [0.05, 0.1) is 12.6 Å². The number of allylic oxidation sites excluding steroid dienone is 3. The van der Waals surface area contributed by atoms with Gasteiger partial charge in [0, 0.05) is 19.1 Å². The molecule has 3 atom stereocenters. The van der Waals surface area contributed by atoms with Gasteiger partial charge in [-0.25, -0.2) is 4.39 Å². The molecule has 0 spiro atoms. The standard InChI is InChI=1S/C11H15FN2/c1-13-14-8-10(12)7-11(14)9-5-3-2-4-6-9/h2-5,9-11H,1,6-8H2. The Labute approximate surface area is 83.8 Å². The van der Waals surface area contributed by atoms with Crippen molar-refractivity contribution in [3.05, 3.63) is 24.3 Å². The predicted octanol–water partition coefficient (Wildman–Crippen LogP) is 2.15. The summed E-state index contributed by atoms with van der Waals surface area (Å²) >= 11 is 0. The van der Waals surface area contributed by atoms with Gasteiger partial charge < -0.3 is 0 Å². The minimum absolute atomic E-state index is 0.198. The zero-order valence-corrected chi connectivity index (χ0v) is 8.14. The summed E-state index contributed by atoms with van der Waals surface area (Å²) < 4.78 is 13.2. The summed E-state index contributed by atoms with van der Waals surface area (Å²) in [7, 11) is 0. The van der Waals surface area contributed by atoms with Crippen LogP contribution in [0.5, 0.6) is 0 Å². The van der Waals surface area contributed by atoms with Gasteiger partial charge in [0.15, 0.2) is 0 Å². The van der Waals surface area contributed by atoms with Crippen LogP contribution in [0.2, 0.25) is 0 Å². The Morgan fingerprint density at radius 3 is 2.93 bits per heavy atom. The molecule has 14 heavy (non-hydrogen) atoms. The predicted molar refractivity (Wildman–Crippen MR) is 55.9 cm³/mol. The minimum atomic E-state index is -0.746. The highest BCUT2D eigenvalue weighted by atomic mass is 19.1. The number of rotatable bonds is 2. The van der Waals surface area contributed by atoms with Crippen LogP contribution < -0.4 is 0 Å². The van der Waals surface area contributed by atoms with Crippen LogP contribution >= 0.6 is 0 Å². The SMILES string of the molecule is C=NN1CC(F)CC1C1C=CC=CC1. The lowest BCUT2D eigenvalue weighted by molar-refractivity contribution is 0.219. The number of halogens is 1. The first-order chi connectivity index (χ1) is 6.81. The molecular weight excluding hydrogens is 179 g/mol. The van der Waals surface area contributed by atoms with Crippen LogP contribution in [0.25, 0.3) is 0 Å². The molecule has 3 heteroatoms. The van der Waals surface area contributed by atoms with Crippen molar-refractivity contribution < 1.29 is 4.39 Å². The van der Waals surface area contributed by atoms with E-state index in [1.165, 1.54) is 0 Å². The summed E-state index contributed by atoms with van der Waals surface area (Å²) in [6.45, 7) is 3.89. The van der Waals surface area contributed by atoms with E-state index < -0.39 is 6.17 Å². The van der Waals surface area contributed by atoms with Gasteiger partial charge >= 0.3 is 0 Å². The van der Waals surface area contributed by atoms with Crippen molar-refractivity contribution in [1.82, 2.24) is 5.01 Å². The zero-order valence-electron chi connectivity index (χ0n) is 8.14. The second-order valence-corrected chi connectivity index (χ2v) is 3.88. The Morgan fingerprint density at radius 2 is 2.29 bits per heavy atom. The largest absolute Gasteiger partial charge is 0.291 e. The number of hydrogen-bond donors (Lipinski definition) is 0. The number of nitrogens with zero attached hydrogens (tertiary/aromatic N) is 2. The second kappa shape index (κ2) is 3.95. The zero-order chi connectivity index (χ0) is 9.97. The van der Waals surface area contributed by atoms with Gasteiger partial charge in [-0.3, -0.25) is 5.01 Å². The molecule has 0 aromatic heterocycles. The molecule has 0 bridgehead atoms. The van der Waals surface area contributed by atoms with Crippen molar-refractivity contribution in [2.45, 2.75) is 25.1 Å². The summed E-state index contributed by atoms with van der Waals surface area (Å²) in [5.41, 5.74) is 0. The molecule has 0 radical (unpaired) electrons. The van der Waals surface area contributed by atoms with E-state index in [1.54, 1.807) is 5.01 Å². The minimum Gasteiger partial charge on any atom is -0.291 e. The maximum absolute atomic E-state index is 13.2. The Balaban J connectivity index is 2.05. The van der Waals surface area contributed by atoms with Crippen molar-refractivity contribution >= 4 is 6.72 Å². The van der Waals surface area contributed by atoms with Crippen molar-refractivity contribution in [2.75, 3.05) is 6.54 Å². The van der Waals surface area contributed by atoms with Crippen LogP contribution in [-0.2, 0) is 0 Å². The highest BCUT2D eigenvalue weighted by Crippen LogP contribution is 2.30. The molecule has 3 unspecified atom stereocenters. The molecule has 1 heterocycles. The van der Waals surface area contributed by atoms with Crippen LogP contribution in [-0.4, -0.2) is 30.5 Å². The van der Waals surface area contributed by atoms with E-state index in [0.717, 1.165) is 6.42 Å². The molecule has 0 aromatic rings. The smallest absolute Gasteiger partial charge is 0.121 e. The molecule has 2 nitrogen and oxygen atoms in total. The van der Waals surface area contributed by atoms with Gasteiger partial charge in [-0.15, -0.1) is 0 Å². The summed E-state index contributed by atoms with van der Waals surface area (Å²) in [5, 5.41) is 5.67. The fourth-order valence-electron chi connectivity index (χ4n) is 2.24. The third-order valence-corrected chi connectivity index (χ3v) is 2.95.